The predicted octanol–water partition coefficient (Wildman–Crippen LogP) is 31.6. The number of hydrogen-bond acceptors (Lipinski definition) is 4. The summed E-state index contributed by atoms with van der Waals surface area (Å²) in [4.78, 5) is 19.6. The maximum absolute atomic E-state index is 5.08. The maximum atomic E-state index is 5.08. The zero-order valence-electron chi connectivity index (χ0n) is 77.0. The third kappa shape index (κ3) is 16.6. The summed E-state index contributed by atoms with van der Waals surface area (Å²) < 4.78 is 9.34. The number of fused-ring (bicyclic) bond motifs is 24. The Bertz CT molecular complexity index is 7580. The topological polar surface area (TPSA) is 69.2 Å². The predicted molar refractivity (Wildman–Crippen MR) is 531 cm³/mol. The molecule has 2 saturated carbocycles. The van der Waals surface area contributed by atoms with Crippen molar-refractivity contribution in [2.45, 2.75) is 185 Å². The normalized spacial score (nSPS) is 12.7. The van der Waals surface area contributed by atoms with Crippen LogP contribution in [0.4, 0.5) is 0 Å². The third-order valence-corrected chi connectivity index (χ3v) is 27.2. The molecule has 2 aliphatic carbocycles. The Morgan fingerprint density at radius 1 is 0.300 bits per heavy atom. The van der Waals surface area contributed by atoms with E-state index in [0.717, 1.165) is 49.8 Å². The number of nitrogens with zero attached hydrogens (tertiary/aromatic N) is 8. The molecular weight excluding hydrogens is 2300 g/mol. The molecule has 0 N–H and O–H groups in total. The number of aromatic nitrogens is 8. The first-order chi connectivity index (χ1) is 61.0. The Morgan fingerprint density at radius 3 is 1.02 bits per heavy atom. The molecule has 130 heavy (non-hydrogen) atoms. The van der Waals surface area contributed by atoms with Crippen LogP contribution in [0.25, 0.3) is 165 Å². The fraction of sp³-hybridized carbons (Fsp3) is 0.237. The van der Waals surface area contributed by atoms with Crippen molar-refractivity contribution in [1.82, 2.24) is 37.5 Å². The van der Waals surface area contributed by atoms with Crippen LogP contribution in [0.15, 0.2) is 255 Å². The molecule has 2 aliphatic rings. The van der Waals surface area contributed by atoms with E-state index in [0.29, 0.717) is 41.4 Å². The summed E-state index contributed by atoms with van der Waals surface area (Å²) >= 11 is 0. The molecule has 4 radical (unpaired) electrons. The van der Waals surface area contributed by atoms with Gasteiger partial charge in [0.25, 0.3) is 0 Å². The minimum atomic E-state index is 0. The van der Waals surface area contributed by atoms with Gasteiger partial charge in [-0.2, -0.15) is 0 Å². The summed E-state index contributed by atoms with van der Waals surface area (Å²) in [7, 11) is 0. The van der Waals surface area contributed by atoms with E-state index >= 15 is 0 Å². The van der Waals surface area contributed by atoms with E-state index in [9.17, 15) is 0 Å². The van der Waals surface area contributed by atoms with Gasteiger partial charge in [-0.15, -0.1) is 119 Å². The first kappa shape index (κ1) is 92.6. The van der Waals surface area contributed by atoms with Crippen molar-refractivity contribution in [3.05, 3.63) is 358 Å². The van der Waals surface area contributed by atoms with Gasteiger partial charge < -0.3 is 17.6 Å². The molecule has 21 aromatic rings. The first-order valence-electron chi connectivity index (χ1n) is 45.5. The number of pyridine rings is 4. The molecule has 8 nitrogen and oxygen atoms in total. The van der Waals surface area contributed by atoms with Crippen molar-refractivity contribution in [1.29, 1.82) is 0 Å². The van der Waals surface area contributed by atoms with Crippen molar-refractivity contribution >= 4 is 109 Å². The van der Waals surface area contributed by atoms with Gasteiger partial charge in [0.2, 0.25) is 0 Å². The zero-order valence-corrected chi connectivity index (χ0v) is 86.6. The molecular formula is C118H108Ir4N8-4. The minimum absolute atomic E-state index is 0. The van der Waals surface area contributed by atoms with Crippen LogP contribution in [-0.2, 0) is 80.4 Å². The summed E-state index contributed by atoms with van der Waals surface area (Å²) in [6.45, 7) is 38.4. The monoisotopic (exact) mass is 2410 g/mol. The molecule has 13 aromatic carbocycles. The van der Waals surface area contributed by atoms with Gasteiger partial charge >= 0.3 is 0 Å². The van der Waals surface area contributed by atoms with Crippen molar-refractivity contribution in [3.8, 4) is 56.0 Å². The van der Waals surface area contributed by atoms with Crippen LogP contribution in [0.2, 0.25) is 0 Å². The van der Waals surface area contributed by atoms with Crippen LogP contribution in [0, 0.1) is 72.7 Å². The van der Waals surface area contributed by atoms with Crippen molar-refractivity contribution < 1.29 is 80.4 Å². The Labute approximate surface area is 818 Å². The van der Waals surface area contributed by atoms with Gasteiger partial charge in [0.1, 0.15) is 0 Å². The van der Waals surface area contributed by atoms with E-state index in [1.54, 1.807) is 11.1 Å². The van der Waals surface area contributed by atoms with Crippen molar-refractivity contribution in [2.24, 2.45) is 0 Å². The molecule has 0 atom stereocenters. The van der Waals surface area contributed by atoms with E-state index in [-0.39, 0.29) is 80.4 Å². The Morgan fingerprint density at radius 2 is 0.646 bits per heavy atom. The molecule has 23 rings (SSSR count). The summed E-state index contributed by atoms with van der Waals surface area (Å²) in [5, 5.41) is 14.2. The molecule has 8 heterocycles. The van der Waals surface area contributed by atoms with Crippen LogP contribution in [0.1, 0.15) is 214 Å². The van der Waals surface area contributed by atoms with Crippen LogP contribution in [0.3, 0.4) is 0 Å². The molecule has 2 fully saturated rings. The van der Waals surface area contributed by atoms with E-state index in [4.69, 9.17) is 15.0 Å². The summed E-state index contributed by atoms with van der Waals surface area (Å²) in [6.07, 6.45) is 15.4. The maximum Gasteiger partial charge on any atom is 0.0646 e. The molecule has 660 valence electrons. The number of aryl methyl sites for hydroxylation is 7. The van der Waals surface area contributed by atoms with Gasteiger partial charge in [-0.05, 0) is 262 Å². The Balaban J connectivity index is 0.000000129. The number of rotatable bonds is 12. The molecule has 12 heteroatoms. The molecule has 8 aromatic heterocycles. The van der Waals surface area contributed by atoms with Gasteiger partial charge in [0.05, 0.1) is 39.7 Å². The average Bonchev–Trinajstić information content (AvgIpc) is 1.53. The smallest absolute Gasteiger partial charge is 0.0646 e. The zero-order chi connectivity index (χ0) is 86.9. The van der Waals surface area contributed by atoms with Gasteiger partial charge in [0, 0.05) is 150 Å². The van der Waals surface area contributed by atoms with Gasteiger partial charge in [0.15, 0.2) is 0 Å². The first-order valence-corrected chi connectivity index (χ1v) is 45.5. The van der Waals surface area contributed by atoms with Gasteiger partial charge in [-0.1, -0.05) is 218 Å². The second kappa shape index (κ2) is 37.5. The second-order valence-corrected chi connectivity index (χ2v) is 37.4. The SMILES string of the molecule is Cc1cc2c3ccc[c-]c3c3ncc(-c4c(-c5ccccc5)cc(C(C)C)cc4-c4ccccc4)n3c2cc1C.Cc1cc2c3ccc[c-]c3c3ncc(-c4c(C(C)C)cc(C(C)C)cc4C(C)C)n3c2cc1C.Cc1cc2c3ccc[c-]c3c3ncc(-c4c(C5CC5)cc(C(C)C)cc4C4CC4)n3c2cc1C.Cc1ccc2c3ccc[c-]c3c3nccn3c2c1.[Ir].[Ir].[Ir].[Ir]. The molecule has 0 amide bonds. The Hall–Kier alpha value is -10.7. The largest absolute Gasteiger partial charge is 0.340 e. The molecule has 0 spiro atoms. The van der Waals surface area contributed by atoms with Gasteiger partial charge in [-0.25, -0.2) is 0 Å². The van der Waals surface area contributed by atoms with Crippen LogP contribution >= 0.6 is 0 Å². The van der Waals surface area contributed by atoms with Crippen LogP contribution < -0.4 is 0 Å². The summed E-state index contributed by atoms with van der Waals surface area (Å²) in [5.74, 6) is 3.66. The number of benzene rings is 13. The average molecular weight is 2410 g/mol. The Kier molecular flexibility index (Phi) is 26.7. The fourth-order valence-electron chi connectivity index (χ4n) is 19.6. The van der Waals surface area contributed by atoms with E-state index in [1.165, 1.54) is 208 Å². The van der Waals surface area contributed by atoms with E-state index in [1.807, 2.05) is 42.7 Å². The molecule has 0 aliphatic heterocycles. The van der Waals surface area contributed by atoms with Gasteiger partial charge in [-0.3, -0.25) is 19.9 Å². The molecule has 0 bridgehead atoms. The quantitative estimate of drug-likeness (QED) is 0.0903. The van der Waals surface area contributed by atoms with Crippen LogP contribution in [0.5, 0.6) is 0 Å². The van der Waals surface area contributed by atoms with E-state index < -0.39 is 0 Å². The summed E-state index contributed by atoms with van der Waals surface area (Å²) in [6, 6.07) is 95.6. The fourth-order valence-corrected chi connectivity index (χ4v) is 19.6. The number of imidazole rings is 4. The molecule has 0 saturated heterocycles. The standard InChI is InChI=1S/C38H31N2.C32H31N2.C32H35N2.C16H11N2.4Ir/c1-24(2)29-21-32(27-13-7-5-8-14-27)37(33(22-29)28-15-9-6-10-16-28)36-23-39-38-31-18-12-11-17-30(31)34-19-25(3)26(4)20-35(34)40(36)38;1-18(2)23-15-26(21-9-10-21)31(27(16-23)22-11-12-22)30-17-33-32-25-8-6-5-7-24(25)28-13-19(3)20(4)14-29(28)34(30)32;1-18(2)23-15-26(19(3)4)31(27(16-23)20(5)6)30-17-33-32-25-12-10-9-11-24(25)28-13-21(7)22(8)14-29(28)34(30)32;1-11-6-7-13-12-4-2-3-5-14(12)16-17-8-9-18(16)15(13)10-11;;;;/h5-17,19-24H,1-4H3;5-7,13-18,21-22H,9-12H2,1-4H3;9-11,13-20H,1-8H3;2-4,6-10H,1H3;;;;/q4*-1;;;;. The number of hydrogen-bond donors (Lipinski definition) is 0. The van der Waals surface area contributed by atoms with Crippen molar-refractivity contribution in [2.75, 3.05) is 0 Å². The van der Waals surface area contributed by atoms with E-state index in [2.05, 4.69) is 377 Å². The van der Waals surface area contributed by atoms with Crippen molar-refractivity contribution in [3.63, 3.8) is 0 Å². The third-order valence-electron chi connectivity index (χ3n) is 27.2. The summed E-state index contributed by atoms with van der Waals surface area (Å²) in [5.41, 5.74) is 40.4. The minimum Gasteiger partial charge on any atom is -0.340 e. The molecule has 0 unspecified atom stereocenters. The second-order valence-electron chi connectivity index (χ2n) is 37.4. The van der Waals surface area contributed by atoms with Crippen LogP contribution in [-0.4, -0.2) is 37.5 Å².